The number of carbonyl (C=O) groups excluding carboxylic acids is 1. The first-order valence-corrected chi connectivity index (χ1v) is 10.6. The van der Waals surface area contributed by atoms with Crippen LogP contribution in [0.5, 0.6) is 5.88 Å². The molecule has 11 nitrogen and oxygen atoms in total. The number of carboxylic acids is 1. The Morgan fingerprint density at radius 3 is 2.72 bits per heavy atom. The van der Waals surface area contributed by atoms with Gasteiger partial charge in [0.15, 0.2) is 5.88 Å². The van der Waals surface area contributed by atoms with E-state index >= 15 is 0 Å². The second kappa shape index (κ2) is 9.51. The molecule has 13 heteroatoms. The molecule has 7 N–H and O–H groups in total. The minimum absolute atomic E-state index is 0.0523. The Balaban J connectivity index is 2.00. The van der Waals surface area contributed by atoms with Crippen LogP contribution in [0.2, 0.25) is 5.02 Å². The molecule has 0 bridgehead atoms. The molecule has 1 fully saturated rings. The van der Waals surface area contributed by atoms with E-state index < -0.39 is 61.1 Å². The van der Waals surface area contributed by atoms with Gasteiger partial charge in [-0.2, -0.15) is 0 Å². The van der Waals surface area contributed by atoms with Crippen molar-refractivity contribution in [1.29, 1.82) is 0 Å². The first-order chi connectivity index (χ1) is 15.0. The van der Waals surface area contributed by atoms with Gasteiger partial charge in [-0.05, 0) is 28.1 Å². The van der Waals surface area contributed by atoms with Crippen LogP contribution in [0.25, 0.3) is 10.9 Å². The maximum atomic E-state index is 12.2. The summed E-state index contributed by atoms with van der Waals surface area (Å²) in [5.74, 6) is -4.77. The highest BCUT2D eigenvalue weighted by atomic mass is 79.9. The van der Waals surface area contributed by atoms with E-state index in [9.17, 15) is 35.1 Å². The van der Waals surface area contributed by atoms with E-state index in [4.69, 9.17) is 21.1 Å². The molecule has 1 aliphatic rings. The number of H-pyrrole nitrogens is 1. The van der Waals surface area contributed by atoms with Crippen LogP contribution in [0.4, 0.5) is 0 Å². The number of fused-ring (bicyclic) bond motifs is 1. The number of nitrogens with one attached hydrogen (secondary N) is 2. The van der Waals surface area contributed by atoms with Crippen molar-refractivity contribution in [2.24, 2.45) is 0 Å². The average molecular weight is 538 g/mol. The van der Waals surface area contributed by atoms with Crippen LogP contribution in [0, 0.1) is 0 Å². The number of benzene rings is 1. The minimum atomic E-state index is -2.50. The van der Waals surface area contributed by atoms with Gasteiger partial charge in [0.25, 0.3) is 0 Å². The van der Waals surface area contributed by atoms with Crippen molar-refractivity contribution in [3.05, 3.63) is 27.7 Å². The predicted octanol–water partition coefficient (Wildman–Crippen LogP) is 0.112. The highest BCUT2D eigenvalue weighted by Gasteiger charge is 2.56. The Bertz CT molecular complexity index is 1020. The number of hydrogen-bond donors (Lipinski definition) is 7. The fraction of sp³-hybridized carbons (Fsp3) is 0.474. The van der Waals surface area contributed by atoms with Crippen molar-refractivity contribution in [3.8, 4) is 5.88 Å². The van der Waals surface area contributed by atoms with Crippen molar-refractivity contribution in [2.45, 2.75) is 49.6 Å². The Morgan fingerprint density at radius 2 is 2.12 bits per heavy atom. The Morgan fingerprint density at radius 1 is 1.44 bits per heavy atom. The smallest absolute Gasteiger partial charge is 0.377 e. The molecule has 1 aromatic carbocycles. The number of carboxylic acid groups (broad SMARTS) is 1. The van der Waals surface area contributed by atoms with Crippen LogP contribution >= 0.6 is 27.5 Å². The standard InChI is InChI=1S/C19H22BrClN2O9/c1-7(25)22-15-11(26)5-19(18(29)30,32-17(15)16(28)12(27)6-24)31-13-4-8-10(23-13)3-2-9(20)14(8)21/h2-4,11-12,15-17,23-24,26-28H,5-6H2,1H3,(H,22,25)(H,29,30). The fourth-order valence-corrected chi connectivity index (χ4v) is 4.15. The maximum Gasteiger partial charge on any atom is 0.377 e. The van der Waals surface area contributed by atoms with Gasteiger partial charge in [-0.25, -0.2) is 4.79 Å². The van der Waals surface area contributed by atoms with Crippen LogP contribution in [0.15, 0.2) is 22.7 Å². The Kier molecular flexibility index (Phi) is 7.34. The molecule has 6 unspecified atom stereocenters. The number of halogens is 2. The maximum absolute atomic E-state index is 12.2. The van der Waals surface area contributed by atoms with Gasteiger partial charge >= 0.3 is 11.8 Å². The number of ether oxygens (including phenoxy) is 2. The third-order valence-electron chi connectivity index (χ3n) is 5.13. The Labute approximate surface area is 195 Å². The van der Waals surface area contributed by atoms with Gasteiger partial charge in [0.1, 0.15) is 18.3 Å². The van der Waals surface area contributed by atoms with Gasteiger partial charge in [-0.1, -0.05) is 11.6 Å². The molecule has 6 atom stereocenters. The number of rotatable bonds is 7. The lowest BCUT2D eigenvalue weighted by Crippen LogP contribution is -2.68. The number of amides is 1. The first-order valence-electron chi connectivity index (χ1n) is 9.48. The summed E-state index contributed by atoms with van der Waals surface area (Å²) in [6.07, 6.45) is -7.41. The minimum Gasteiger partial charge on any atom is -0.476 e. The van der Waals surface area contributed by atoms with Crippen molar-refractivity contribution in [2.75, 3.05) is 6.61 Å². The number of aromatic nitrogens is 1. The quantitative estimate of drug-likeness (QED) is 0.258. The summed E-state index contributed by atoms with van der Waals surface area (Å²) in [6.45, 7) is 0.279. The van der Waals surface area contributed by atoms with Gasteiger partial charge < -0.3 is 45.3 Å². The average Bonchev–Trinajstić information content (AvgIpc) is 3.14. The topological polar surface area (TPSA) is 182 Å². The number of aromatic amines is 1. The molecule has 0 radical (unpaired) electrons. The second-order valence-corrected chi connectivity index (χ2v) is 8.67. The van der Waals surface area contributed by atoms with Gasteiger partial charge in [0.05, 0.1) is 30.2 Å². The normalized spacial score (nSPS) is 27.7. The molecular weight excluding hydrogens is 516 g/mol. The molecule has 1 amide bonds. The van der Waals surface area contributed by atoms with Gasteiger partial charge in [-0.15, -0.1) is 0 Å². The molecule has 1 aromatic heterocycles. The van der Waals surface area contributed by atoms with Gasteiger partial charge in [-0.3, -0.25) is 4.79 Å². The zero-order chi connectivity index (χ0) is 23.8. The largest absolute Gasteiger partial charge is 0.476 e. The van der Waals surface area contributed by atoms with E-state index in [1.807, 2.05) is 0 Å². The third-order valence-corrected chi connectivity index (χ3v) is 6.42. The summed E-state index contributed by atoms with van der Waals surface area (Å²) in [5, 5.41) is 53.3. The second-order valence-electron chi connectivity index (χ2n) is 7.44. The third kappa shape index (κ3) is 4.71. The molecule has 32 heavy (non-hydrogen) atoms. The predicted molar refractivity (Wildman–Crippen MR) is 114 cm³/mol. The number of aliphatic hydroxyl groups is 4. The molecule has 0 saturated carbocycles. The van der Waals surface area contributed by atoms with E-state index in [-0.39, 0.29) is 5.88 Å². The van der Waals surface area contributed by atoms with E-state index in [1.165, 1.54) is 6.07 Å². The summed E-state index contributed by atoms with van der Waals surface area (Å²) in [7, 11) is 0. The lowest BCUT2D eigenvalue weighted by Gasteiger charge is -2.46. The van der Waals surface area contributed by atoms with Crippen molar-refractivity contribution < 1.29 is 44.6 Å². The summed E-state index contributed by atoms with van der Waals surface area (Å²) in [6, 6.07) is 3.52. The van der Waals surface area contributed by atoms with Crippen LogP contribution < -0.4 is 10.1 Å². The monoisotopic (exact) mass is 536 g/mol. The van der Waals surface area contributed by atoms with E-state index in [0.717, 1.165) is 6.92 Å². The zero-order valence-electron chi connectivity index (χ0n) is 16.7. The Hall–Kier alpha value is -1.93. The molecule has 1 saturated heterocycles. The van der Waals surface area contributed by atoms with E-state index in [0.29, 0.717) is 20.4 Å². The SMILES string of the molecule is CC(=O)NC1C(O)CC(Oc2cc3c(Cl)c(Br)ccc3[nH]2)(C(=O)O)OC1C(O)C(O)CO. The van der Waals surface area contributed by atoms with E-state index in [2.05, 4.69) is 26.2 Å². The van der Waals surface area contributed by atoms with E-state index in [1.54, 1.807) is 12.1 Å². The molecule has 2 aromatic rings. The summed E-state index contributed by atoms with van der Waals surface area (Å²) in [4.78, 5) is 26.6. The first kappa shape index (κ1) is 24.7. The molecule has 0 aliphatic carbocycles. The number of aliphatic carboxylic acids is 1. The summed E-state index contributed by atoms with van der Waals surface area (Å²) in [5.41, 5.74) is 0.536. The lowest BCUT2D eigenvalue weighted by atomic mass is 9.88. The van der Waals surface area contributed by atoms with Crippen LogP contribution in [-0.2, 0) is 14.3 Å². The van der Waals surface area contributed by atoms with Gasteiger partial charge in [0.2, 0.25) is 5.91 Å². The molecule has 2 heterocycles. The fourth-order valence-electron chi connectivity index (χ4n) is 3.58. The van der Waals surface area contributed by atoms with Crippen LogP contribution in [0.3, 0.4) is 0 Å². The highest BCUT2D eigenvalue weighted by Crippen LogP contribution is 2.38. The zero-order valence-corrected chi connectivity index (χ0v) is 19.0. The molecule has 0 spiro atoms. The number of carbonyl (C=O) groups is 2. The lowest BCUT2D eigenvalue weighted by molar-refractivity contribution is -0.285. The van der Waals surface area contributed by atoms with Crippen molar-refractivity contribution in [3.63, 3.8) is 0 Å². The molecule has 1 aliphatic heterocycles. The van der Waals surface area contributed by atoms with Crippen LogP contribution in [-0.4, -0.2) is 85.2 Å². The highest BCUT2D eigenvalue weighted by molar-refractivity contribution is 9.10. The number of hydrogen-bond acceptors (Lipinski definition) is 8. The summed E-state index contributed by atoms with van der Waals surface area (Å²) < 4.78 is 11.8. The molecule has 176 valence electrons. The molecule has 3 rings (SSSR count). The van der Waals surface area contributed by atoms with Crippen LogP contribution in [0.1, 0.15) is 13.3 Å². The van der Waals surface area contributed by atoms with Crippen molar-refractivity contribution in [1.82, 2.24) is 10.3 Å². The number of aliphatic hydroxyl groups excluding tert-OH is 4. The van der Waals surface area contributed by atoms with Crippen molar-refractivity contribution >= 4 is 50.3 Å². The molecular formula is C19H22BrClN2O9. The van der Waals surface area contributed by atoms with Gasteiger partial charge in [0, 0.05) is 28.4 Å². The summed E-state index contributed by atoms with van der Waals surface area (Å²) >= 11 is 9.54.